The molecule has 0 spiro atoms. The number of benzene rings is 2. The minimum absolute atomic E-state index is 0.912. The number of halogens is 4. The molecule has 2 heterocycles. The van der Waals surface area contributed by atoms with Gasteiger partial charge in [0.05, 0.1) is 22.4 Å². The number of nitrogens with zero attached hydrogens (tertiary/aromatic N) is 2. The summed E-state index contributed by atoms with van der Waals surface area (Å²) in [6.45, 7) is 0. The van der Waals surface area contributed by atoms with Crippen molar-refractivity contribution < 1.29 is 49.6 Å². The summed E-state index contributed by atoms with van der Waals surface area (Å²) in [4.78, 5) is 9.38. The minimum atomic E-state index is -2.77. The van der Waals surface area contributed by atoms with Gasteiger partial charge in [0.2, 0.25) is 0 Å². The third-order valence-corrected chi connectivity index (χ3v) is 3.46. The van der Waals surface area contributed by atoms with Crippen LogP contribution in [0.5, 0.6) is 0 Å². The molecule has 0 bridgehead atoms. The molecule has 7 heteroatoms. The van der Waals surface area contributed by atoms with E-state index in [9.17, 15) is 0 Å². The molecule has 127 valence electrons. The van der Waals surface area contributed by atoms with Gasteiger partial charge in [-0.25, -0.2) is 9.97 Å². The van der Waals surface area contributed by atoms with Gasteiger partial charge in [-0.15, -0.1) is 0 Å². The van der Waals surface area contributed by atoms with Gasteiger partial charge in [0.15, 0.2) is 0 Å². The van der Waals surface area contributed by atoms with Crippen molar-refractivity contribution in [3.05, 3.63) is 72.8 Å². The monoisotopic (exact) mass is 493 g/mol. The molecule has 0 fully saturated rings. The normalized spacial score (nSPS) is 11.2. The SMILES string of the molecule is [ClH+][Nb]([ClH+])([ClH+])[ClH+].c1ccc2nc(-c3ccc4ccccc4n3)ccc2c1. The molecule has 0 amide bonds. The first kappa shape index (κ1) is 18.9. The van der Waals surface area contributed by atoms with Crippen LogP contribution in [0.2, 0.25) is 0 Å². The van der Waals surface area contributed by atoms with Gasteiger partial charge < -0.3 is 0 Å². The second kappa shape index (κ2) is 8.24. The van der Waals surface area contributed by atoms with Gasteiger partial charge in [0.25, 0.3) is 0 Å². The molecule has 0 N–H and O–H groups in total. The van der Waals surface area contributed by atoms with Crippen LogP contribution in [0.3, 0.4) is 0 Å². The number of pyridine rings is 2. The van der Waals surface area contributed by atoms with Crippen molar-refractivity contribution in [2.75, 3.05) is 0 Å². The van der Waals surface area contributed by atoms with E-state index in [1.165, 1.54) is 0 Å². The van der Waals surface area contributed by atoms with Gasteiger partial charge in [-0.1, -0.05) is 48.5 Å². The molecule has 0 saturated heterocycles. The number of hydrogen-bond acceptors (Lipinski definition) is 2. The summed E-state index contributed by atoms with van der Waals surface area (Å²) in [5.41, 5.74) is 3.82. The van der Waals surface area contributed by atoms with E-state index in [0.29, 0.717) is 0 Å². The molecule has 0 radical (unpaired) electrons. The zero-order valence-corrected chi connectivity index (χ0v) is 18.4. The van der Waals surface area contributed by atoms with Crippen LogP contribution in [-0.2, 0) is 12.8 Å². The molecule has 2 aromatic heterocycles. The summed E-state index contributed by atoms with van der Waals surface area (Å²) in [5.74, 6) is 0. The smallest absolute Gasteiger partial charge is 0.0894 e. The van der Waals surface area contributed by atoms with E-state index in [4.69, 9.17) is 0 Å². The Balaban J connectivity index is 0.000000324. The predicted octanol–water partition coefficient (Wildman–Crippen LogP) is 3.38. The van der Waals surface area contributed by atoms with Gasteiger partial charge in [0.1, 0.15) is 0 Å². The van der Waals surface area contributed by atoms with Crippen molar-refractivity contribution in [2.24, 2.45) is 0 Å². The first-order chi connectivity index (χ1) is 11.9. The van der Waals surface area contributed by atoms with Crippen molar-refractivity contribution >= 4 is 21.8 Å². The minimum Gasteiger partial charge on any atom is -0.246 e. The van der Waals surface area contributed by atoms with Crippen LogP contribution in [0.1, 0.15) is 0 Å². The van der Waals surface area contributed by atoms with Crippen molar-refractivity contribution in [2.45, 2.75) is 0 Å². The second-order valence-electron chi connectivity index (χ2n) is 5.23. The quantitative estimate of drug-likeness (QED) is 0.379. The van der Waals surface area contributed by atoms with Crippen LogP contribution in [0.25, 0.3) is 33.2 Å². The zero-order valence-electron chi connectivity index (χ0n) is 12.9. The van der Waals surface area contributed by atoms with Crippen LogP contribution in [0.15, 0.2) is 72.8 Å². The summed E-state index contributed by atoms with van der Waals surface area (Å²) >= 11 is -2.77. The summed E-state index contributed by atoms with van der Waals surface area (Å²) in [5, 5.41) is 2.30. The fourth-order valence-electron chi connectivity index (χ4n) is 2.42. The average molecular weight is 495 g/mol. The Morgan fingerprint density at radius 3 is 1.28 bits per heavy atom. The van der Waals surface area contributed by atoms with Gasteiger partial charge in [-0.05, 0) is 24.3 Å². The van der Waals surface area contributed by atoms with E-state index in [-0.39, 0.29) is 0 Å². The Morgan fingerprint density at radius 1 is 0.520 bits per heavy atom. The van der Waals surface area contributed by atoms with Crippen molar-refractivity contribution in [3.63, 3.8) is 0 Å². The molecule has 0 atom stereocenters. The number of hydrogen-bond donors (Lipinski definition) is 0. The second-order valence-corrected chi connectivity index (χ2v) is 28.6. The molecule has 25 heavy (non-hydrogen) atoms. The summed E-state index contributed by atoms with van der Waals surface area (Å²) in [6.07, 6.45) is 0. The molecule has 0 aliphatic heterocycles. The summed E-state index contributed by atoms with van der Waals surface area (Å²) in [7, 11) is 17.9. The molecule has 2 nitrogen and oxygen atoms in total. The first-order valence-electron chi connectivity index (χ1n) is 7.35. The Kier molecular flexibility index (Phi) is 6.24. The van der Waals surface area contributed by atoms with Gasteiger partial charge in [-0.2, -0.15) is 0 Å². The van der Waals surface area contributed by atoms with Crippen LogP contribution >= 0.6 is 0 Å². The number of para-hydroxylation sites is 2. The van der Waals surface area contributed by atoms with Crippen LogP contribution < -0.4 is 0 Å². The molecular weight excluding hydrogens is 479 g/mol. The predicted molar refractivity (Wildman–Crippen MR) is 88.1 cm³/mol. The third kappa shape index (κ3) is 5.57. The molecule has 4 aromatic rings. The topological polar surface area (TPSA) is 25.8 Å². The Hall–Kier alpha value is -0.840. The van der Waals surface area contributed by atoms with Gasteiger partial charge in [-0.3, -0.25) is 0 Å². The maximum atomic E-state index is 4.69. The standard InChI is InChI=1S/C18H12N2.4ClH.Nb/c1-3-7-15-13(5-1)9-11-17(19-15)18-12-10-14-6-2-4-8-16(14)20-18;;;;;/h1-12H;4*1H;/q;;;;;+4. The summed E-state index contributed by atoms with van der Waals surface area (Å²) < 4.78 is 0. The zero-order chi connectivity index (χ0) is 17.9. The maximum absolute atomic E-state index is 4.69. The summed E-state index contributed by atoms with van der Waals surface area (Å²) in [6, 6.07) is 24.5. The molecule has 2 aromatic carbocycles. The van der Waals surface area contributed by atoms with E-state index < -0.39 is 12.8 Å². The Labute approximate surface area is 164 Å². The van der Waals surface area contributed by atoms with E-state index in [0.717, 1.165) is 33.2 Å². The molecule has 0 aliphatic rings. The van der Waals surface area contributed by atoms with E-state index >= 15 is 0 Å². The fraction of sp³-hybridized carbons (Fsp3) is 0. The van der Waals surface area contributed by atoms with Crippen molar-refractivity contribution in [1.82, 2.24) is 9.97 Å². The van der Waals surface area contributed by atoms with E-state index in [1.807, 2.05) is 48.5 Å². The molecule has 0 aliphatic carbocycles. The first-order valence-corrected chi connectivity index (χ1v) is 19.6. The molecular formula is C18H16Cl4N2Nb+4. The molecule has 0 saturated carbocycles. The van der Waals surface area contributed by atoms with Gasteiger partial charge in [0, 0.05) is 10.8 Å². The number of aromatic nitrogens is 2. The molecule has 4 rings (SSSR count). The van der Waals surface area contributed by atoms with Crippen LogP contribution in [0, 0.1) is 36.8 Å². The van der Waals surface area contributed by atoms with Crippen LogP contribution in [0.4, 0.5) is 0 Å². The third-order valence-electron chi connectivity index (χ3n) is 3.46. The Morgan fingerprint density at radius 2 is 0.880 bits per heavy atom. The Bertz CT molecular complexity index is 935. The molecule has 0 unspecified atom stereocenters. The van der Waals surface area contributed by atoms with Crippen molar-refractivity contribution in [3.8, 4) is 11.4 Å². The van der Waals surface area contributed by atoms with E-state index in [1.54, 1.807) is 0 Å². The number of fused-ring (bicyclic) bond motifs is 2. The maximum Gasteiger partial charge on any atom is 0.0894 e. The largest absolute Gasteiger partial charge is 0.246 e. The fourth-order valence-corrected chi connectivity index (χ4v) is 2.42. The van der Waals surface area contributed by atoms with Crippen molar-refractivity contribution in [1.29, 1.82) is 0 Å². The average Bonchev–Trinajstić information content (AvgIpc) is 2.59. The van der Waals surface area contributed by atoms with Gasteiger partial charge >= 0.3 is 49.6 Å². The van der Waals surface area contributed by atoms with E-state index in [2.05, 4.69) is 71.0 Å². The van der Waals surface area contributed by atoms with Crippen LogP contribution in [-0.4, -0.2) is 9.97 Å². The number of rotatable bonds is 1.